The number of nitrogens with zero attached hydrogens (tertiary/aromatic N) is 2. The Bertz CT molecular complexity index is 506. The molecule has 0 saturated carbocycles. The second kappa shape index (κ2) is 5.12. The Balaban J connectivity index is 2.14. The van der Waals surface area contributed by atoms with E-state index in [0.717, 1.165) is 17.5 Å². The molecule has 0 radical (unpaired) electrons. The highest BCUT2D eigenvalue weighted by molar-refractivity contribution is 5.96. The first-order valence-corrected chi connectivity index (χ1v) is 5.25. The van der Waals surface area contributed by atoms with Crippen LogP contribution < -0.4 is 5.73 Å². The number of rotatable bonds is 3. The van der Waals surface area contributed by atoms with Crippen molar-refractivity contribution < 1.29 is 5.21 Å². The van der Waals surface area contributed by atoms with Crippen LogP contribution in [-0.4, -0.2) is 16.0 Å². The lowest BCUT2D eigenvalue weighted by atomic mass is 10.0. The highest BCUT2D eigenvalue weighted by atomic mass is 16.4. The number of benzene rings is 1. The Hall–Kier alpha value is -2.36. The van der Waals surface area contributed by atoms with Gasteiger partial charge in [-0.1, -0.05) is 35.5 Å². The van der Waals surface area contributed by atoms with Gasteiger partial charge in [0.1, 0.15) is 0 Å². The van der Waals surface area contributed by atoms with E-state index in [1.54, 1.807) is 6.20 Å². The lowest BCUT2D eigenvalue weighted by molar-refractivity contribution is 0.318. The molecule has 4 nitrogen and oxygen atoms in total. The van der Waals surface area contributed by atoms with Crippen molar-refractivity contribution in [2.24, 2.45) is 10.9 Å². The van der Waals surface area contributed by atoms with Gasteiger partial charge in [-0.3, -0.25) is 4.98 Å². The number of hydrogen-bond acceptors (Lipinski definition) is 3. The number of oxime groups is 1. The second-order valence-corrected chi connectivity index (χ2v) is 3.72. The normalized spacial score (nSPS) is 11.4. The molecule has 2 aromatic rings. The van der Waals surface area contributed by atoms with E-state index >= 15 is 0 Å². The first-order chi connectivity index (χ1) is 8.29. The van der Waals surface area contributed by atoms with Crippen LogP contribution in [0.25, 0.3) is 0 Å². The topological polar surface area (TPSA) is 71.5 Å². The van der Waals surface area contributed by atoms with Crippen LogP contribution in [0.3, 0.4) is 0 Å². The number of amidine groups is 1. The number of pyridine rings is 1. The first-order valence-electron chi connectivity index (χ1n) is 5.25. The fraction of sp³-hybridized carbons (Fsp3) is 0.0769. The van der Waals surface area contributed by atoms with E-state index in [9.17, 15) is 0 Å². The molecule has 0 saturated heterocycles. The molecule has 1 aromatic carbocycles. The molecule has 86 valence electrons. The molecule has 0 fully saturated rings. The van der Waals surface area contributed by atoms with Gasteiger partial charge < -0.3 is 10.9 Å². The Morgan fingerprint density at radius 1 is 1.18 bits per heavy atom. The van der Waals surface area contributed by atoms with Gasteiger partial charge in [-0.15, -0.1) is 0 Å². The largest absolute Gasteiger partial charge is 0.409 e. The highest BCUT2D eigenvalue weighted by Crippen LogP contribution is 2.09. The molecule has 17 heavy (non-hydrogen) atoms. The van der Waals surface area contributed by atoms with E-state index < -0.39 is 0 Å². The third-order valence-electron chi connectivity index (χ3n) is 2.49. The lowest BCUT2D eigenvalue weighted by Crippen LogP contribution is -2.12. The van der Waals surface area contributed by atoms with Gasteiger partial charge in [0.25, 0.3) is 0 Å². The minimum Gasteiger partial charge on any atom is -0.409 e. The molecule has 0 amide bonds. The quantitative estimate of drug-likeness (QED) is 0.363. The first kappa shape index (κ1) is 11.1. The number of nitrogens with two attached hydrogens (primary N) is 1. The van der Waals surface area contributed by atoms with Crippen LogP contribution in [0.5, 0.6) is 0 Å². The Morgan fingerprint density at radius 2 is 1.94 bits per heavy atom. The van der Waals surface area contributed by atoms with Crippen molar-refractivity contribution in [2.75, 3.05) is 0 Å². The van der Waals surface area contributed by atoms with E-state index in [1.807, 2.05) is 42.6 Å². The predicted octanol–water partition coefficient (Wildman–Crippen LogP) is 1.77. The fourth-order valence-electron chi connectivity index (χ4n) is 1.59. The van der Waals surface area contributed by atoms with Gasteiger partial charge >= 0.3 is 0 Å². The van der Waals surface area contributed by atoms with Crippen molar-refractivity contribution in [3.8, 4) is 0 Å². The average Bonchev–Trinajstić information content (AvgIpc) is 2.40. The molecule has 0 unspecified atom stereocenters. The summed E-state index contributed by atoms with van der Waals surface area (Å²) in [5, 5.41) is 11.5. The minimum atomic E-state index is 0.123. The lowest BCUT2D eigenvalue weighted by Gasteiger charge is -2.03. The molecular formula is C13H13N3O. The van der Waals surface area contributed by atoms with Crippen LogP contribution in [0.4, 0.5) is 0 Å². The maximum absolute atomic E-state index is 8.55. The SMILES string of the molecule is NC(=NO)c1ccc(Cc2cccnc2)cc1. The predicted molar refractivity (Wildman–Crippen MR) is 66.0 cm³/mol. The number of aromatic nitrogens is 1. The van der Waals surface area contributed by atoms with Crippen LogP contribution >= 0.6 is 0 Å². The Morgan fingerprint density at radius 3 is 2.53 bits per heavy atom. The van der Waals surface area contributed by atoms with Crippen molar-refractivity contribution in [3.05, 3.63) is 65.5 Å². The smallest absolute Gasteiger partial charge is 0.170 e. The zero-order chi connectivity index (χ0) is 12.1. The van der Waals surface area contributed by atoms with E-state index in [4.69, 9.17) is 10.9 Å². The molecule has 2 rings (SSSR count). The van der Waals surface area contributed by atoms with Crippen molar-refractivity contribution in [3.63, 3.8) is 0 Å². The summed E-state index contributed by atoms with van der Waals surface area (Å²) in [4.78, 5) is 4.07. The van der Waals surface area contributed by atoms with Crippen LogP contribution in [0.15, 0.2) is 53.9 Å². The second-order valence-electron chi connectivity index (χ2n) is 3.72. The molecule has 0 bridgehead atoms. The van der Waals surface area contributed by atoms with Crippen molar-refractivity contribution >= 4 is 5.84 Å². The van der Waals surface area contributed by atoms with E-state index in [2.05, 4.69) is 10.1 Å². The maximum atomic E-state index is 8.55. The third-order valence-corrected chi connectivity index (χ3v) is 2.49. The Kier molecular flexibility index (Phi) is 3.35. The van der Waals surface area contributed by atoms with Crippen LogP contribution in [0.2, 0.25) is 0 Å². The van der Waals surface area contributed by atoms with Crippen LogP contribution in [0.1, 0.15) is 16.7 Å². The summed E-state index contributed by atoms with van der Waals surface area (Å²) in [5.74, 6) is 0.123. The molecule has 0 atom stereocenters. The highest BCUT2D eigenvalue weighted by Gasteiger charge is 2.00. The van der Waals surface area contributed by atoms with Gasteiger partial charge in [0.2, 0.25) is 0 Å². The van der Waals surface area contributed by atoms with Crippen molar-refractivity contribution in [1.29, 1.82) is 0 Å². The molecule has 4 heteroatoms. The average molecular weight is 227 g/mol. The van der Waals surface area contributed by atoms with Crippen LogP contribution in [-0.2, 0) is 6.42 Å². The summed E-state index contributed by atoms with van der Waals surface area (Å²) in [6, 6.07) is 11.5. The molecule has 1 aromatic heterocycles. The number of hydrogen-bond donors (Lipinski definition) is 2. The summed E-state index contributed by atoms with van der Waals surface area (Å²) < 4.78 is 0. The van der Waals surface area contributed by atoms with Crippen molar-refractivity contribution in [2.45, 2.75) is 6.42 Å². The molecule has 1 heterocycles. The van der Waals surface area contributed by atoms with Gasteiger partial charge in [-0.25, -0.2) is 0 Å². The molecule has 0 spiro atoms. The summed E-state index contributed by atoms with van der Waals surface area (Å²) >= 11 is 0. The van der Waals surface area contributed by atoms with E-state index in [1.165, 1.54) is 0 Å². The maximum Gasteiger partial charge on any atom is 0.170 e. The molecule has 0 aliphatic heterocycles. The van der Waals surface area contributed by atoms with E-state index in [-0.39, 0.29) is 5.84 Å². The standard InChI is InChI=1S/C13H13N3O/c14-13(16-17)12-5-3-10(4-6-12)8-11-2-1-7-15-9-11/h1-7,9,17H,8H2,(H2,14,16). The summed E-state index contributed by atoms with van der Waals surface area (Å²) in [5.41, 5.74) is 8.51. The zero-order valence-electron chi connectivity index (χ0n) is 9.24. The minimum absolute atomic E-state index is 0.123. The van der Waals surface area contributed by atoms with Crippen molar-refractivity contribution in [1.82, 2.24) is 4.98 Å². The van der Waals surface area contributed by atoms with Gasteiger partial charge in [0.05, 0.1) is 0 Å². The molecule has 0 aliphatic carbocycles. The van der Waals surface area contributed by atoms with Gasteiger partial charge in [0, 0.05) is 18.0 Å². The fourth-order valence-corrected chi connectivity index (χ4v) is 1.59. The molecule has 0 aliphatic rings. The van der Waals surface area contributed by atoms with Crippen LogP contribution in [0, 0.1) is 0 Å². The molecule has 3 N–H and O–H groups in total. The zero-order valence-corrected chi connectivity index (χ0v) is 9.24. The molecular weight excluding hydrogens is 214 g/mol. The van der Waals surface area contributed by atoms with Gasteiger partial charge in [-0.05, 0) is 23.6 Å². The Labute approximate surface area is 99.4 Å². The monoisotopic (exact) mass is 227 g/mol. The summed E-state index contributed by atoms with van der Waals surface area (Å²) in [7, 11) is 0. The van der Waals surface area contributed by atoms with E-state index in [0.29, 0.717) is 5.56 Å². The summed E-state index contributed by atoms with van der Waals surface area (Å²) in [6.45, 7) is 0. The van der Waals surface area contributed by atoms with Gasteiger partial charge in [-0.2, -0.15) is 0 Å². The third kappa shape index (κ3) is 2.81. The van der Waals surface area contributed by atoms with Gasteiger partial charge in [0.15, 0.2) is 5.84 Å². The summed E-state index contributed by atoms with van der Waals surface area (Å²) in [6.07, 6.45) is 4.42.